The zero-order valence-corrected chi connectivity index (χ0v) is 17.3. The van der Waals surface area contributed by atoms with Crippen molar-refractivity contribution >= 4 is 34.2 Å². The number of nitrogens with zero attached hydrogens (tertiary/aromatic N) is 2. The fourth-order valence-electron chi connectivity index (χ4n) is 4.40. The van der Waals surface area contributed by atoms with Crippen LogP contribution in [-0.2, 0) is 0 Å². The molecule has 1 aromatic carbocycles. The van der Waals surface area contributed by atoms with Crippen LogP contribution in [0, 0.1) is 11.7 Å². The topological polar surface area (TPSA) is 74.6 Å². The van der Waals surface area contributed by atoms with Gasteiger partial charge in [0, 0.05) is 31.4 Å². The molecule has 2 aliphatic rings. The number of carbonyl (C=O) groups is 1. The molecule has 2 heterocycles. The lowest BCUT2D eigenvalue weighted by Crippen LogP contribution is -2.35. The molecule has 2 fully saturated rings. The minimum absolute atomic E-state index is 0.0276. The second kappa shape index (κ2) is 7.61. The molecular weight excluding hydrogens is 397 g/mol. The van der Waals surface area contributed by atoms with Gasteiger partial charge in [-0.15, -0.1) is 0 Å². The molecule has 1 aliphatic heterocycles. The number of halogens is 2. The van der Waals surface area contributed by atoms with Crippen molar-refractivity contribution < 1.29 is 14.3 Å². The molecule has 156 valence electrons. The molecule has 0 radical (unpaired) electrons. The van der Waals surface area contributed by atoms with Gasteiger partial charge in [-0.05, 0) is 44.7 Å². The van der Waals surface area contributed by atoms with Crippen molar-refractivity contribution in [2.45, 2.75) is 45.2 Å². The predicted molar refractivity (Wildman–Crippen MR) is 112 cm³/mol. The van der Waals surface area contributed by atoms with Crippen molar-refractivity contribution in [1.29, 1.82) is 0 Å². The first kappa shape index (κ1) is 20.2. The van der Waals surface area contributed by atoms with Crippen molar-refractivity contribution in [2.24, 2.45) is 5.92 Å². The highest BCUT2D eigenvalue weighted by Gasteiger charge is 2.33. The fraction of sp³-hybridized carbons (Fsp3) is 0.524. The summed E-state index contributed by atoms with van der Waals surface area (Å²) in [4.78, 5) is 26.1. The molecule has 8 heteroatoms. The Kier molecular flexibility index (Phi) is 5.29. The standard InChI is InChI=1S/C21H25ClFN3O3/c1-3-24-11(2)12-6-7-25(9-12)19-16(23)8-14-18(17(19)22)26(13-4-5-13)10-15(20(14)27)21(28)29/h8,10-13,24H,3-7,9H2,1-2H3,(H,28,29)/t11-,12+/m1/s1. The maximum atomic E-state index is 15.1. The lowest BCUT2D eigenvalue weighted by Gasteiger charge is -2.25. The number of pyridine rings is 1. The third kappa shape index (κ3) is 3.51. The van der Waals surface area contributed by atoms with Gasteiger partial charge in [-0.25, -0.2) is 9.18 Å². The SMILES string of the molecule is CCN[C@H](C)[C@H]1CCN(c2c(F)cc3c(=O)c(C(=O)O)cn(C4CC4)c3c2Cl)C1. The number of nitrogens with one attached hydrogen (secondary N) is 1. The Morgan fingerprint density at radius 1 is 1.41 bits per heavy atom. The molecule has 0 spiro atoms. The summed E-state index contributed by atoms with van der Waals surface area (Å²) in [5, 5.41) is 13.0. The number of hydrogen-bond donors (Lipinski definition) is 2. The molecule has 6 nitrogen and oxygen atoms in total. The minimum atomic E-state index is -1.31. The summed E-state index contributed by atoms with van der Waals surface area (Å²) in [6.07, 6.45) is 4.05. The van der Waals surface area contributed by atoms with Crippen LogP contribution in [0.2, 0.25) is 5.02 Å². The molecule has 4 rings (SSSR count). The second-order valence-corrected chi connectivity index (χ2v) is 8.45. The van der Waals surface area contributed by atoms with Crippen LogP contribution in [0.3, 0.4) is 0 Å². The minimum Gasteiger partial charge on any atom is -0.477 e. The van der Waals surface area contributed by atoms with E-state index in [1.54, 1.807) is 4.57 Å². The van der Waals surface area contributed by atoms with Crippen LogP contribution in [0.5, 0.6) is 0 Å². The van der Waals surface area contributed by atoms with E-state index in [9.17, 15) is 14.7 Å². The van der Waals surface area contributed by atoms with E-state index < -0.39 is 17.2 Å². The number of aromatic nitrogens is 1. The molecule has 1 saturated carbocycles. The van der Waals surface area contributed by atoms with Gasteiger partial charge in [0.1, 0.15) is 11.4 Å². The summed E-state index contributed by atoms with van der Waals surface area (Å²) < 4.78 is 16.9. The lowest BCUT2D eigenvalue weighted by molar-refractivity contribution is 0.0695. The van der Waals surface area contributed by atoms with Gasteiger partial charge in [-0.2, -0.15) is 0 Å². The number of carboxylic acids is 1. The van der Waals surface area contributed by atoms with Crippen LogP contribution >= 0.6 is 11.6 Å². The number of rotatable bonds is 6. The Morgan fingerprint density at radius 2 is 2.14 bits per heavy atom. The monoisotopic (exact) mass is 421 g/mol. The number of benzene rings is 1. The van der Waals surface area contributed by atoms with Crippen LogP contribution < -0.4 is 15.6 Å². The van der Waals surface area contributed by atoms with Gasteiger partial charge in [0.2, 0.25) is 5.43 Å². The first-order valence-corrected chi connectivity index (χ1v) is 10.5. The highest BCUT2D eigenvalue weighted by Crippen LogP contribution is 2.43. The van der Waals surface area contributed by atoms with Crippen LogP contribution in [0.1, 0.15) is 49.5 Å². The normalized spacial score (nSPS) is 20.4. The number of anilines is 1. The fourth-order valence-corrected chi connectivity index (χ4v) is 4.81. The molecule has 2 aromatic rings. The van der Waals surface area contributed by atoms with E-state index in [1.807, 2.05) is 4.90 Å². The summed E-state index contributed by atoms with van der Waals surface area (Å²) in [5.74, 6) is -1.52. The molecule has 1 aromatic heterocycles. The highest BCUT2D eigenvalue weighted by molar-refractivity contribution is 6.38. The van der Waals surface area contributed by atoms with Gasteiger partial charge >= 0.3 is 5.97 Å². The smallest absolute Gasteiger partial charge is 0.341 e. The quantitative estimate of drug-likeness (QED) is 0.744. The molecule has 2 atom stereocenters. The zero-order valence-electron chi connectivity index (χ0n) is 16.5. The van der Waals surface area contributed by atoms with E-state index >= 15 is 4.39 Å². The summed E-state index contributed by atoms with van der Waals surface area (Å²) in [5.41, 5.74) is -0.309. The van der Waals surface area contributed by atoms with Crippen molar-refractivity contribution in [3.05, 3.63) is 38.9 Å². The van der Waals surface area contributed by atoms with Gasteiger partial charge in [-0.1, -0.05) is 18.5 Å². The Morgan fingerprint density at radius 3 is 2.76 bits per heavy atom. The van der Waals surface area contributed by atoms with Gasteiger partial charge in [0.15, 0.2) is 0 Å². The van der Waals surface area contributed by atoms with Crippen molar-refractivity contribution in [1.82, 2.24) is 9.88 Å². The summed E-state index contributed by atoms with van der Waals surface area (Å²) in [6.45, 7) is 6.43. The van der Waals surface area contributed by atoms with Gasteiger partial charge < -0.3 is 19.9 Å². The summed E-state index contributed by atoms with van der Waals surface area (Å²) >= 11 is 6.69. The molecule has 1 aliphatic carbocycles. The van der Waals surface area contributed by atoms with E-state index in [0.717, 1.165) is 31.9 Å². The molecular formula is C21H25ClFN3O3. The molecule has 2 N–H and O–H groups in total. The number of fused-ring (bicyclic) bond motifs is 1. The molecule has 0 unspecified atom stereocenters. The first-order valence-electron chi connectivity index (χ1n) is 10.1. The number of hydrogen-bond acceptors (Lipinski definition) is 4. The van der Waals surface area contributed by atoms with Crippen LogP contribution in [0.25, 0.3) is 10.9 Å². The Labute approximate surface area is 173 Å². The highest BCUT2D eigenvalue weighted by atomic mass is 35.5. The van der Waals surface area contributed by atoms with Gasteiger partial charge in [0.25, 0.3) is 0 Å². The van der Waals surface area contributed by atoms with E-state index in [0.29, 0.717) is 36.3 Å². The Bertz CT molecular complexity index is 1030. The Balaban J connectivity index is 1.83. The largest absolute Gasteiger partial charge is 0.477 e. The van der Waals surface area contributed by atoms with E-state index in [-0.39, 0.29) is 22.0 Å². The van der Waals surface area contributed by atoms with Crippen LogP contribution in [-0.4, -0.2) is 41.3 Å². The lowest BCUT2D eigenvalue weighted by atomic mass is 10.0. The van der Waals surface area contributed by atoms with Gasteiger partial charge in [-0.3, -0.25) is 4.79 Å². The third-order valence-electron chi connectivity index (χ3n) is 6.13. The first-order chi connectivity index (χ1) is 13.8. The molecule has 29 heavy (non-hydrogen) atoms. The summed E-state index contributed by atoms with van der Waals surface area (Å²) in [7, 11) is 0. The van der Waals surface area contributed by atoms with Crippen LogP contribution in [0.4, 0.5) is 10.1 Å². The molecule has 0 amide bonds. The second-order valence-electron chi connectivity index (χ2n) is 8.07. The summed E-state index contributed by atoms with van der Waals surface area (Å²) in [6, 6.07) is 1.56. The maximum Gasteiger partial charge on any atom is 0.341 e. The van der Waals surface area contributed by atoms with Gasteiger partial charge in [0.05, 0.1) is 21.6 Å². The average molecular weight is 422 g/mol. The molecule has 0 bridgehead atoms. The van der Waals surface area contributed by atoms with Crippen LogP contribution in [0.15, 0.2) is 17.1 Å². The Hall–Kier alpha value is -2.12. The molecule has 1 saturated heterocycles. The number of aromatic carboxylic acids is 1. The average Bonchev–Trinajstić information content (AvgIpc) is 3.40. The van der Waals surface area contributed by atoms with Crippen molar-refractivity contribution in [2.75, 3.05) is 24.5 Å². The zero-order chi connectivity index (χ0) is 20.9. The van der Waals surface area contributed by atoms with E-state index in [1.165, 1.54) is 6.20 Å². The van der Waals surface area contributed by atoms with E-state index in [2.05, 4.69) is 19.2 Å². The van der Waals surface area contributed by atoms with Crippen molar-refractivity contribution in [3.63, 3.8) is 0 Å². The number of carboxylic acid groups (broad SMARTS) is 1. The predicted octanol–water partition coefficient (Wildman–Crippen LogP) is 3.65. The van der Waals surface area contributed by atoms with E-state index in [4.69, 9.17) is 11.6 Å². The maximum absolute atomic E-state index is 15.1. The van der Waals surface area contributed by atoms with Crippen molar-refractivity contribution in [3.8, 4) is 0 Å². The third-order valence-corrected chi connectivity index (χ3v) is 6.49.